The van der Waals surface area contributed by atoms with Gasteiger partial charge in [0.15, 0.2) is 0 Å². The van der Waals surface area contributed by atoms with Crippen LogP contribution in [0.5, 0.6) is 0 Å². The first-order valence-electron chi connectivity index (χ1n) is 6.59. The molecule has 1 heterocycles. The molecule has 0 unspecified atom stereocenters. The second-order valence-electron chi connectivity index (χ2n) is 4.87. The Balaban J connectivity index is 1.90. The Bertz CT molecular complexity index is 387. The van der Waals surface area contributed by atoms with E-state index in [0.29, 0.717) is 0 Å². The normalized spacial score (nSPS) is 17.2. The van der Waals surface area contributed by atoms with Crippen molar-refractivity contribution in [1.82, 2.24) is 10.2 Å². The van der Waals surface area contributed by atoms with Crippen molar-refractivity contribution in [2.75, 3.05) is 51.2 Å². The number of halogens is 1. The third kappa shape index (κ3) is 3.46. The molecule has 3 nitrogen and oxygen atoms in total. The number of piperazine rings is 1. The number of likely N-dealkylation sites (N-methyl/N-ethyl adjacent to an activating group) is 1. The van der Waals surface area contributed by atoms with Gasteiger partial charge in [-0.1, -0.05) is 15.9 Å². The Morgan fingerprint density at radius 2 is 1.94 bits per heavy atom. The van der Waals surface area contributed by atoms with Crippen molar-refractivity contribution < 1.29 is 0 Å². The third-order valence-corrected chi connectivity index (χ3v) is 4.45. The SMILES string of the molecule is CNCCN1CCN(c2ccc(Br)c(C)c2)CC1. The van der Waals surface area contributed by atoms with Crippen LogP contribution in [0.3, 0.4) is 0 Å². The van der Waals surface area contributed by atoms with Crippen LogP contribution in [0.1, 0.15) is 5.56 Å². The molecule has 0 radical (unpaired) electrons. The molecule has 0 bridgehead atoms. The van der Waals surface area contributed by atoms with E-state index < -0.39 is 0 Å². The maximum Gasteiger partial charge on any atom is 0.0370 e. The van der Waals surface area contributed by atoms with Crippen molar-refractivity contribution in [2.24, 2.45) is 0 Å². The molecule has 0 aliphatic carbocycles. The Morgan fingerprint density at radius 3 is 2.56 bits per heavy atom. The average Bonchev–Trinajstić information content (AvgIpc) is 2.40. The van der Waals surface area contributed by atoms with Crippen LogP contribution in [0.15, 0.2) is 22.7 Å². The van der Waals surface area contributed by atoms with Crippen LogP contribution >= 0.6 is 15.9 Å². The quantitative estimate of drug-likeness (QED) is 0.918. The molecular weight excluding hydrogens is 290 g/mol. The number of hydrogen-bond donors (Lipinski definition) is 1. The predicted molar refractivity (Wildman–Crippen MR) is 81.5 cm³/mol. The lowest BCUT2D eigenvalue weighted by molar-refractivity contribution is 0.260. The molecule has 1 fully saturated rings. The van der Waals surface area contributed by atoms with E-state index in [4.69, 9.17) is 0 Å². The van der Waals surface area contributed by atoms with E-state index in [9.17, 15) is 0 Å². The number of hydrogen-bond acceptors (Lipinski definition) is 3. The van der Waals surface area contributed by atoms with Crippen molar-refractivity contribution in [3.8, 4) is 0 Å². The van der Waals surface area contributed by atoms with E-state index in [1.165, 1.54) is 15.7 Å². The third-order valence-electron chi connectivity index (χ3n) is 3.56. The maximum absolute atomic E-state index is 3.56. The van der Waals surface area contributed by atoms with Gasteiger partial charge in [-0.3, -0.25) is 4.90 Å². The van der Waals surface area contributed by atoms with Crippen molar-refractivity contribution in [2.45, 2.75) is 6.92 Å². The van der Waals surface area contributed by atoms with E-state index in [-0.39, 0.29) is 0 Å². The average molecular weight is 312 g/mol. The Kier molecular flexibility index (Phi) is 5.03. The highest BCUT2D eigenvalue weighted by molar-refractivity contribution is 9.10. The number of rotatable bonds is 4. The van der Waals surface area contributed by atoms with Crippen LogP contribution in [0, 0.1) is 6.92 Å². The van der Waals surface area contributed by atoms with Crippen LogP contribution in [-0.4, -0.2) is 51.2 Å². The number of anilines is 1. The summed E-state index contributed by atoms with van der Waals surface area (Å²) < 4.78 is 1.19. The summed E-state index contributed by atoms with van der Waals surface area (Å²) in [5, 5.41) is 3.21. The highest BCUT2D eigenvalue weighted by Crippen LogP contribution is 2.23. The number of nitrogens with zero attached hydrogens (tertiary/aromatic N) is 2. The molecule has 1 aromatic carbocycles. The van der Waals surface area contributed by atoms with E-state index in [0.717, 1.165) is 39.3 Å². The van der Waals surface area contributed by atoms with Gasteiger partial charge in [0.1, 0.15) is 0 Å². The molecule has 2 rings (SSSR count). The van der Waals surface area contributed by atoms with Gasteiger partial charge in [0.05, 0.1) is 0 Å². The van der Waals surface area contributed by atoms with Crippen LogP contribution < -0.4 is 10.2 Å². The van der Waals surface area contributed by atoms with Crippen molar-refractivity contribution in [3.05, 3.63) is 28.2 Å². The zero-order chi connectivity index (χ0) is 13.0. The summed E-state index contributed by atoms with van der Waals surface area (Å²) in [7, 11) is 2.01. The summed E-state index contributed by atoms with van der Waals surface area (Å²) in [5.74, 6) is 0. The topological polar surface area (TPSA) is 18.5 Å². The van der Waals surface area contributed by atoms with E-state index in [1.54, 1.807) is 0 Å². The summed E-state index contributed by atoms with van der Waals surface area (Å²) in [6.45, 7) is 8.97. The molecule has 18 heavy (non-hydrogen) atoms. The Morgan fingerprint density at radius 1 is 1.22 bits per heavy atom. The molecule has 0 spiro atoms. The minimum Gasteiger partial charge on any atom is -0.369 e. The summed E-state index contributed by atoms with van der Waals surface area (Å²) in [4.78, 5) is 5.01. The highest BCUT2D eigenvalue weighted by Gasteiger charge is 2.16. The van der Waals surface area contributed by atoms with Gasteiger partial charge in [0.2, 0.25) is 0 Å². The highest BCUT2D eigenvalue weighted by atomic mass is 79.9. The van der Waals surface area contributed by atoms with Gasteiger partial charge in [-0.2, -0.15) is 0 Å². The zero-order valence-corrected chi connectivity index (χ0v) is 12.8. The first kappa shape index (κ1) is 13.8. The number of nitrogens with one attached hydrogen (secondary N) is 1. The summed E-state index contributed by atoms with van der Waals surface area (Å²) in [5.41, 5.74) is 2.66. The molecular formula is C14H22BrN3. The molecule has 0 amide bonds. The molecule has 1 N–H and O–H groups in total. The molecule has 0 atom stereocenters. The lowest BCUT2D eigenvalue weighted by atomic mass is 10.2. The van der Waals surface area contributed by atoms with E-state index in [1.807, 2.05) is 7.05 Å². The van der Waals surface area contributed by atoms with Crippen molar-refractivity contribution in [1.29, 1.82) is 0 Å². The van der Waals surface area contributed by atoms with Gasteiger partial charge in [0, 0.05) is 49.4 Å². The molecule has 1 aromatic rings. The zero-order valence-electron chi connectivity index (χ0n) is 11.2. The summed E-state index contributed by atoms with van der Waals surface area (Å²) >= 11 is 3.56. The molecule has 1 aliphatic rings. The second kappa shape index (κ2) is 6.55. The molecule has 1 saturated heterocycles. The van der Waals surface area contributed by atoms with E-state index in [2.05, 4.69) is 56.2 Å². The van der Waals surface area contributed by atoms with Crippen LogP contribution in [0.25, 0.3) is 0 Å². The largest absolute Gasteiger partial charge is 0.369 e. The monoisotopic (exact) mass is 311 g/mol. The Hall–Kier alpha value is -0.580. The minimum absolute atomic E-state index is 1.08. The van der Waals surface area contributed by atoms with Crippen molar-refractivity contribution in [3.63, 3.8) is 0 Å². The van der Waals surface area contributed by atoms with Crippen LogP contribution in [0.2, 0.25) is 0 Å². The molecule has 1 aliphatic heterocycles. The summed E-state index contributed by atoms with van der Waals surface area (Å²) in [6.07, 6.45) is 0. The van der Waals surface area contributed by atoms with Crippen LogP contribution in [-0.2, 0) is 0 Å². The lowest BCUT2D eigenvalue weighted by Crippen LogP contribution is -2.48. The van der Waals surface area contributed by atoms with Crippen LogP contribution in [0.4, 0.5) is 5.69 Å². The lowest BCUT2D eigenvalue weighted by Gasteiger charge is -2.36. The first-order chi connectivity index (χ1) is 8.70. The Labute approximate surface area is 118 Å². The van der Waals surface area contributed by atoms with E-state index >= 15 is 0 Å². The molecule has 0 aromatic heterocycles. The van der Waals surface area contributed by atoms with Gasteiger partial charge >= 0.3 is 0 Å². The van der Waals surface area contributed by atoms with Gasteiger partial charge in [0.25, 0.3) is 0 Å². The fourth-order valence-electron chi connectivity index (χ4n) is 2.33. The smallest absolute Gasteiger partial charge is 0.0370 e. The predicted octanol–water partition coefficient (Wildman–Crippen LogP) is 2.10. The van der Waals surface area contributed by atoms with Gasteiger partial charge < -0.3 is 10.2 Å². The fourth-order valence-corrected chi connectivity index (χ4v) is 2.57. The molecule has 4 heteroatoms. The number of benzene rings is 1. The minimum atomic E-state index is 1.08. The maximum atomic E-state index is 3.56. The molecule has 0 saturated carbocycles. The fraction of sp³-hybridized carbons (Fsp3) is 0.571. The summed E-state index contributed by atoms with van der Waals surface area (Å²) in [6, 6.07) is 6.63. The first-order valence-corrected chi connectivity index (χ1v) is 7.38. The number of aryl methyl sites for hydroxylation is 1. The van der Waals surface area contributed by atoms with Gasteiger partial charge in [-0.05, 0) is 37.7 Å². The molecule has 100 valence electrons. The standard InChI is InChI=1S/C14H22BrN3/c1-12-11-13(3-4-14(12)15)18-9-7-17(8-10-18)6-5-16-2/h3-4,11,16H,5-10H2,1-2H3. The van der Waals surface area contributed by atoms with Gasteiger partial charge in [-0.15, -0.1) is 0 Å². The second-order valence-corrected chi connectivity index (χ2v) is 5.72. The van der Waals surface area contributed by atoms with Gasteiger partial charge in [-0.25, -0.2) is 0 Å². The van der Waals surface area contributed by atoms with Crippen molar-refractivity contribution >= 4 is 21.6 Å².